The lowest BCUT2D eigenvalue weighted by Gasteiger charge is -2.03. The van der Waals surface area contributed by atoms with Crippen LogP contribution in [0.25, 0.3) is 0 Å². The number of carbonyl (C=O) groups is 1. The quantitative estimate of drug-likeness (QED) is 0.326. The highest BCUT2D eigenvalue weighted by Gasteiger charge is 2.06. The molecule has 6 nitrogen and oxygen atoms in total. The average molecular weight is 305 g/mol. The fraction of sp³-hybridized carbons (Fsp3) is 0.500. The van der Waals surface area contributed by atoms with Gasteiger partial charge in [0.2, 0.25) is 5.91 Å². The van der Waals surface area contributed by atoms with Crippen LogP contribution in [0, 0.1) is 10.1 Å². The summed E-state index contributed by atoms with van der Waals surface area (Å²) >= 11 is 0. The van der Waals surface area contributed by atoms with Gasteiger partial charge < -0.3 is 0 Å². The van der Waals surface area contributed by atoms with Gasteiger partial charge in [-0.3, -0.25) is 14.9 Å². The molecule has 1 rings (SSSR count). The number of carbonyl (C=O) groups excluding carboxylic acids is 1. The third-order valence-electron chi connectivity index (χ3n) is 3.35. The van der Waals surface area contributed by atoms with Crippen molar-refractivity contribution in [3.63, 3.8) is 0 Å². The minimum Gasteiger partial charge on any atom is -0.273 e. The number of hydrazone groups is 1. The third-order valence-corrected chi connectivity index (χ3v) is 3.35. The van der Waals surface area contributed by atoms with Crippen LogP contribution < -0.4 is 5.43 Å². The molecule has 0 spiro atoms. The normalized spacial score (nSPS) is 11.3. The van der Waals surface area contributed by atoms with E-state index in [1.54, 1.807) is 19.1 Å². The van der Waals surface area contributed by atoms with Crippen molar-refractivity contribution in [3.05, 3.63) is 39.9 Å². The first-order chi connectivity index (χ1) is 10.5. The van der Waals surface area contributed by atoms with E-state index in [0.29, 0.717) is 12.1 Å². The van der Waals surface area contributed by atoms with Crippen LogP contribution in [0.3, 0.4) is 0 Å². The van der Waals surface area contributed by atoms with E-state index in [9.17, 15) is 14.9 Å². The molecule has 0 fully saturated rings. The molecule has 1 aromatic rings. The molecular formula is C16H23N3O3. The van der Waals surface area contributed by atoms with Crippen molar-refractivity contribution in [3.8, 4) is 0 Å². The zero-order chi connectivity index (χ0) is 16.4. The monoisotopic (exact) mass is 305 g/mol. The van der Waals surface area contributed by atoms with Crippen LogP contribution in [0.2, 0.25) is 0 Å². The molecule has 6 heteroatoms. The predicted molar refractivity (Wildman–Crippen MR) is 86.8 cm³/mol. The molecule has 0 saturated carbocycles. The summed E-state index contributed by atoms with van der Waals surface area (Å²) in [7, 11) is 0. The number of benzene rings is 1. The number of non-ortho nitro benzene ring substituents is 1. The Morgan fingerprint density at radius 3 is 2.41 bits per heavy atom. The van der Waals surface area contributed by atoms with Crippen LogP contribution in [0.5, 0.6) is 0 Å². The number of nitro benzene ring substituents is 1. The van der Waals surface area contributed by atoms with E-state index in [2.05, 4.69) is 17.5 Å². The first-order valence-corrected chi connectivity index (χ1v) is 7.62. The Balaban J connectivity index is 2.41. The molecule has 0 bridgehead atoms. The van der Waals surface area contributed by atoms with Gasteiger partial charge >= 0.3 is 0 Å². The molecule has 0 aromatic heterocycles. The molecule has 0 aliphatic carbocycles. The van der Waals surface area contributed by atoms with Crippen LogP contribution in [-0.2, 0) is 4.79 Å². The Hall–Kier alpha value is -2.24. The number of rotatable bonds is 9. The van der Waals surface area contributed by atoms with Crippen LogP contribution in [0.1, 0.15) is 57.9 Å². The van der Waals surface area contributed by atoms with Gasteiger partial charge in [0.1, 0.15) is 0 Å². The molecule has 1 amide bonds. The van der Waals surface area contributed by atoms with E-state index in [4.69, 9.17) is 0 Å². The van der Waals surface area contributed by atoms with E-state index in [1.165, 1.54) is 25.0 Å². The smallest absolute Gasteiger partial charge is 0.269 e. The van der Waals surface area contributed by atoms with Crippen molar-refractivity contribution < 1.29 is 9.72 Å². The lowest BCUT2D eigenvalue weighted by molar-refractivity contribution is -0.384. The molecule has 0 atom stereocenters. The largest absolute Gasteiger partial charge is 0.273 e. The summed E-state index contributed by atoms with van der Waals surface area (Å²) in [6.07, 6.45) is 5.96. The number of nitrogens with zero attached hydrogens (tertiary/aromatic N) is 2. The molecule has 1 aromatic carbocycles. The number of amides is 1. The number of hydrogen-bond acceptors (Lipinski definition) is 4. The van der Waals surface area contributed by atoms with Gasteiger partial charge in [-0.2, -0.15) is 5.10 Å². The van der Waals surface area contributed by atoms with Crippen LogP contribution in [-0.4, -0.2) is 16.5 Å². The summed E-state index contributed by atoms with van der Waals surface area (Å²) in [5.41, 5.74) is 3.92. The number of nitro groups is 1. The SMILES string of the molecule is CCCCCCCC(=O)N/N=C(/C)c1ccc([N+](=O)[O-])cc1. The maximum atomic E-state index is 11.6. The van der Waals surface area contributed by atoms with Gasteiger partial charge in [-0.05, 0) is 31.0 Å². The minimum atomic E-state index is -0.448. The summed E-state index contributed by atoms with van der Waals surface area (Å²) < 4.78 is 0. The van der Waals surface area contributed by atoms with E-state index in [-0.39, 0.29) is 11.6 Å². The standard InChI is InChI=1S/C16H23N3O3/c1-3-4-5-6-7-8-16(20)18-17-13(2)14-9-11-15(12-10-14)19(21)22/h9-12H,3-8H2,1-2H3,(H,18,20)/b17-13-. The summed E-state index contributed by atoms with van der Waals surface area (Å²) in [5, 5.41) is 14.6. The average Bonchev–Trinajstić information content (AvgIpc) is 2.52. The second kappa shape index (κ2) is 9.65. The first-order valence-electron chi connectivity index (χ1n) is 7.62. The summed E-state index contributed by atoms with van der Waals surface area (Å²) in [6, 6.07) is 6.08. The summed E-state index contributed by atoms with van der Waals surface area (Å²) in [4.78, 5) is 21.8. The van der Waals surface area contributed by atoms with Gasteiger partial charge in [0.25, 0.3) is 5.69 Å². The van der Waals surface area contributed by atoms with Gasteiger partial charge in [-0.25, -0.2) is 5.43 Å². The van der Waals surface area contributed by atoms with Gasteiger partial charge in [-0.1, -0.05) is 32.6 Å². The van der Waals surface area contributed by atoms with Crippen molar-refractivity contribution in [1.82, 2.24) is 5.43 Å². The number of unbranched alkanes of at least 4 members (excludes halogenated alkanes) is 4. The van der Waals surface area contributed by atoms with Gasteiger partial charge in [0.15, 0.2) is 0 Å². The molecule has 0 unspecified atom stereocenters. The summed E-state index contributed by atoms with van der Waals surface area (Å²) in [5.74, 6) is -0.0993. The molecule has 1 N–H and O–H groups in total. The first kappa shape index (κ1) is 17.8. The predicted octanol–water partition coefficient (Wildman–Crippen LogP) is 3.80. The molecule has 0 aliphatic rings. The van der Waals surface area contributed by atoms with Crippen molar-refractivity contribution in [2.45, 2.75) is 52.4 Å². The number of hydrogen-bond donors (Lipinski definition) is 1. The molecule has 0 saturated heterocycles. The zero-order valence-corrected chi connectivity index (χ0v) is 13.2. The van der Waals surface area contributed by atoms with Gasteiger partial charge in [0.05, 0.1) is 10.6 Å². The van der Waals surface area contributed by atoms with Crippen molar-refractivity contribution >= 4 is 17.3 Å². The Kier molecular flexibility index (Phi) is 7.81. The third kappa shape index (κ3) is 6.47. The molecule has 0 aliphatic heterocycles. The Morgan fingerprint density at radius 2 is 1.82 bits per heavy atom. The molecule has 0 radical (unpaired) electrons. The molecule has 22 heavy (non-hydrogen) atoms. The minimum absolute atomic E-state index is 0.0349. The van der Waals surface area contributed by atoms with E-state index < -0.39 is 4.92 Å². The van der Waals surface area contributed by atoms with Crippen LogP contribution in [0.15, 0.2) is 29.4 Å². The lowest BCUT2D eigenvalue weighted by Crippen LogP contribution is -2.18. The topological polar surface area (TPSA) is 84.6 Å². The molecule has 120 valence electrons. The summed E-state index contributed by atoms with van der Waals surface area (Å²) in [6.45, 7) is 3.91. The highest BCUT2D eigenvalue weighted by atomic mass is 16.6. The van der Waals surface area contributed by atoms with E-state index in [0.717, 1.165) is 24.8 Å². The van der Waals surface area contributed by atoms with E-state index >= 15 is 0 Å². The van der Waals surface area contributed by atoms with Crippen molar-refractivity contribution in [2.75, 3.05) is 0 Å². The second-order valence-electron chi connectivity index (χ2n) is 5.20. The van der Waals surface area contributed by atoms with Crippen LogP contribution >= 0.6 is 0 Å². The highest BCUT2D eigenvalue weighted by Crippen LogP contribution is 2.12. The Labute approximate surface area is 130 Å². The van der Waals surface area contributed by atoms with Crippen molar-refractivity contribution in [1.29, 1.82) is 0 Å². The van der Waals surface area contributed by atoms with Gasteiger partial charge in [-0.15, -0.1) is 0 Å². The Bertz CT molecular complexity index is 524. The molecule has 0 heterocycles. The van der Waals surface area contributed by atoms with Gasteiger partial charge in [0, 0.05) is 18.6 Å². The van der Waals surface area contributed by atoms with Crippen molar-refractivity contribution in [2.24, 2.45) is 5.10 Å². The van der Waals surface area contributed by atoms with Crippen LogP contribution in [0.4, 0.5) is 5.69 Å². The molecular weight excluding hydrogens is 282 g/mol. The fourth-order valence-corrected chi connectivity index (χ4v) is 1.98. The fourth-order valence-electron chi connectivity index (χ4n) is 1.98. The lowest BCUT2D eigenvalue weighted by atomic mass is 10.1. The maximum Gasteiger partial charge on any atom is 0.269 e. The zero-order valence-electron chi connectivity index (χ0n) is 13.2. The highest BCUT2D eigenvalue weighted by molar-refractivity contribution is 5.99. The maximum absolute atomic E-state index is 11.6. The number of nitrogens with one attached hydrogen (secondary N) is 1. The Morgan fingerprint density at radius 1 is 1.18 bits per heavy atom. The second-order valence-corrected chi connectivity index (χ2v) is 5.20. The van der Waals surface area contributed by atoms with E-state index in [1.807, 2.05) is 0 Å².